The van der Waals surface area contributed by atoms with E-state index in [1.165, 1.54) is 7.11 Å². The molecule has 0 aliphatic heterocycles. The van der Waals surface area contributed by atoms with Crippen molar-refractivity contribution < 1.29 is 33.6 Å². The Morgan fingerprint density at radius 2 is 1.37 bits per heavy atom. The molecular formula is C33H36N2O7S. The monoisotopic (exact) mass is 604 g/mol. The molecule has 0 radical (unpaired) electrons. The van der Waals surface area contributed by atoms with Crippen LogP contribution in [0.2, 0.25) is 0 Å². The van der Waals surface area contributed by atoms with Crippen molar-refractivity contribution >= 4 is 40.1 Å². The second-order valence-corrected chi connectivity index (χ2v) is 11.3. The number of carbonyl (C=O) groups is 2. The van der Waals surface area contributed by atoms with Crippen LogP contribution < -0.4 is 18.9 Å². The van der Waals surface area contributed by atoms with Crippen molar-refractivity contribution in [1.82, 2.24) is 8.75 Å². The highest BCUT2D eigenvalue weighted by Crippen LogP contribution is 2.41. The zero-order valence-electron chi connectivity index (χ0n) is 25.3. The van der Waals surface area contributed by atoms with Gasteiger partial charge in [-0.3, -0.25) is 4.79 Å². The molecule has 0 fully saturated rings. The molecule has 9 nitrogen and oxygen atoms in total. The molecule has 0 saturated heterocycles. The van der Waals surface area contributed by atoms with Crippen LogP contribution in [0.15, 0.2) is 60.2 Å². The Balaban J connectivity index is 1.90. The number of carbonyl (C=O) groups excluding carboxylic acids is 1. The number of benzene rings is 3. The van der Waals surface area contributed by atoms with E-state index in [-0.39, 0.29) is 35.9 Å². The average Bonchev–Trinajstić information content (AvgIpc) is 3.41. The number of ketones is 1. The summed E-state index contributed by atoms with van der Waals surface area (Å²) in [6.45, 7) is 11.4. The molecule has 226 valence electrons. The van der Waals surface area contributed by atoms with Crippen LogP contribution in [0.1, 0.15) is 63.0 Å². The van der Waals surface area contributed by atoms with Crippen molar-refractivity contribution in [3.05, 3.63) is 76.9 Å². The minimum absolute atomic E-state index is 0.0230. The van der Waals surface area contributed by atoms with E-state index in [4.69, 9.17) is 18.9 Å². The topological polar surface area (TPSA) is 117 Å². The Labute approximate surface area is 255 Å². The smallest absolute Gasteiger partial charge is 0.336 e. The van der Waals surface area contributed by atoms with E-state index in [9.17, 15) is 14.7 Å². The first-order valence-electron chi connectivity index (χ1n) is 14.0. The van der Waals surface area contributed by atoms with Gasteiger partial charge >= 0.3 is 5.97 Å². The molecule has 0 unspecified atom stereocenters. The molecule has 1 heterocycles. The van der Waals surface area contributed by atoms with Gasteiger partial charge in [-0.1, -0.05) is 6.07 Å². The molecule has 0 spiro atoms. The minimum Gasteiger partial charge on any atom is -0.493 e. The first kappa shape index (κ1) is 31.5. The number of ether oxygens (including phenoxy) is 4. The van der Waals surface area contributed by atoms with Gasteiger partial charge in [0.2, 0.25) is 5.75 Å². The first-order valence-corrected chi connectivity index (χ1v) is 14.7. The van der Waals surface area contributed by atoms with Gasteiger partial charge in [0, 0.05) is 17.6 Å². The molecule has 10 heteroatoms. The quantitative estimate of drug-likeness (QED) is 0.127. The zero-order chi connectivity index (χ0) is 31.3. The molecule has 0 amide bonds. The summed E-state index contributed by atoms with van der Waals surface area (Å²) in [6.07, 6.45) is -0.385. The third kappa shape index (κ3) is 7.70. The number of allylic oxidation sites excluding steroid dienone is 1. The lowest BCUT2D eigenvalue weighted by Crippen LogP contribution is -2.15. The van der Waals surface area contributed by atoms with Gasteiger partial charge in [-0.2, -0.15) is 8.75 Å². The van der Waals surface area contributed by atoms with Crippen LogP contribution in [0, 0.1) is 0 Å². The first-order chi connectivity index (χ1) is 20.5. The minimum atomic E-state index is -1.24. The third-order valence-corrected chi connectivity index (χ3v) is 6.77. The Morgan fingerprint density at radius 1 is 0.767 bits per heavy atom. The molecular weight excluding hydrogens is 568 g/mol. The molecule has 0 saturated carbocycles. The molecule has 4 rings (SSSR count). The van der Waals surface area contributed by atoms with Gasteiger partial charge in [0.25, 0.3) is 0 Å². The Bertz CT molecular complexity index is 1640. The highest BCUT2D eigenvalue weighted by Gasteiger charge is 2.26. The zero-order valence-corrected chi connectivity index (χ0v) is 26.2. The van der Waals surface area contributed by atoms with Gasteiger partial charge in [-0.05, 0) is 101 Å². The van der Waals surface area contributed by atoms with Crippen LogP contribution >= 0.6 is 11.7 Å². The van der Waals surface area contributed by atoms with E-state index >= 15 is 0 Å². The lowest BCUT2D eigenvalue weighted by atomic mass is 9.89. The van der Waals surface area contributed by atoms with E-state index in [1.54, 1.807) is 54.6 Å². The van der Waals surface area contributed by atoms with Crippen molar-refractivity contribution in [1.29, 1.82) is 0 Å². The predicted octanol–water partition coefficient (Wildman–Crippen LogP) is 7.03. The fourth-order valence-electron chi connectivity index (χ4n) is 4.56. The number of fused-ring (bicyclic) bond motifs is 1. The van der Waals surface area contributed by atoms with Crippen LogP contribution in [0.3, 0.4) is 0 Å². The third-order valence-electron chi connectivity index (χ3n) is 6.22. The molecule has 1 N–H and O–H groups in total. The maximum Gasteiger partial charge on any atom is 0.336 e. The number of Topliss-reactive ketones (excluding diaryl/α,β-unsaturated/α-hetero) is 1. The highest BCUT2D eigenvalue weighted by atomic mass is 32.1. The Kier molecular flexibility index (Phi) is 10.0. The summed E-state index contributed by atoms with van der Waals surface area (Å²) in [5.74, 6) is 0.224. The summed E-state index contributed by atoms with van der Waals surface area (Å²) < 4.78 is 32.0. The second kappa shape index (κ2) is 13.7. The number of aromatic nitrogens is 2. The molecule has 43 heavy (non-hydrogen) atoms. The summed E-state index contributed by atoms with van der Waals surface area (Å²) in [5.41, 5.74) is 2.44. The number of carboxylic acid groups (broad SMARTS) is 1. The highest BCUT2D eigenvalue weighted by molar-refractivity contribution is 7.00. The summed E-state index contributed by atoms with van der Waals surface area (Å²) in [6, 6.07) is 15.2. The van der Waals surface area contributed by atoms with Crippen molar-refractivity contribution in [3.63, 3.8) is 0 Å². The molecule has 0 atom stereocenters. The number of aliphatic carboxylic acids is 1. The van der Waals surface area contributed by atoms with Crippen molar-refractivity contribution in [3.8, 4) is 23.0 Å². The van der Waals surface area contributed by atoms with Crippen LogP contribution in [0.4, 0.5) is 0 Å². The Hall–Kier alpha value is -4.44. The van der Waals surface area contributed by atoms with E-state index in [0.29, 0.717) is 50.7 Å². The van der Waals surface area contributed by atoms with Gasteiger partial charge in [0.15, 0.2) is 17.3 Å². The predicted molar refractivity (Wildman–Crippen MR) is 167 cm³/mol. The lowest BCUT2D eigenvalue weighted by Gasteiger charge is -2.21. The van der Waals surface area contributed by atoms with E-state index < -0.39 is 11.8 Å². The summed E-state index contributed by atoms with van der Waals surface area (Å²) in [4.78, 5) is 27.1. The summed E-state index contributed by atoms with van der Waals surface area (Å²) in [5, 5.41) is 10.5. The normalized spacial score (nSPS) is 12.0. The fourth-order valence-corrected chi connectivity index (χ4v) is 5.08. The molecule has 4 aromatic rings. The molecule has 3 aromatic carbocycles. The average molecular weight is 605 g/mol. The molecule has 0 aliphatic carbocycles. The lowest BCUT2D eigenvalue weighted by molar-refractivity contribution is -0.130. The van der Waals surface area contributed by atoms with Crippen molar-refractivity contribution in [2.45, 2.75) is 66.3 Å². The van der Waals surface area contributed by atoms with E-state index in [0.717, 1.165) is 11.7 Å². The molecule has 0 aliphatic rings. The fraction of sp³-hybridized carbons (Fsp3) is 0.333. The Morgan fingerprint density at radius 3 is 1.98 bits per heavy atom. The largest absolute Gasteiger partial charge is 0.493 e. The van der Waals surface area contributed by atoms with Gasteiger partial charge in [-0.15, -0.1) is 0 Å². The summed E-state index contributed by atoms with van der Waals surface area (Å²) >= 11 is 1.04. The number of hydrogen-bond donors (Lipinski definition) is 1. The van der Waals surface area contributed by atoms with Gasteiger partial charge < -0.3 is 24.1 Å². The number of nitrogens with zero attached hydrogens (tertiary/aromatic N) is 2. The number of carboxylic acids is 1. The molecule has 0 bridgehead atoms. The van der Waals surface area contributed by atoms with Crippen molar-refractivity contribution in [2.24, 2.45) is 0 Å². The summed E-state index contributed by atoms with van der Waals surface area (Å²) in [7, 11) is 1.52. The maximum absolute atomic E-state index is 14.2. The molecule has 1 aromatic heterocycles. The SMILES string of the molecule is COc1cc(CC(C(=O)c2ccc(OC(C)C)cc2)=C(C(=O)O)c2ccc3nsnc3c2)cc(OC(C)C)c1OC(C)C. The van der Waals surface area contributed by atoms with Crippen LogP contribution in [0.5, 0.6) is 23.0 Å². The van der Waals surface area contributed by atoms with Crippen LogP contribution in [-0.4, -0.2) is 51.0 Å². The van der Waals surface area contributed by atoms with Crippen LogP contribution in [0.25, 0.3) is 16.6 Å². The maximum atomic E-state index is 14.2. The second-order valence-electron chi connectivity index (χ2n) is 10.8. The standard InChI is InChI=1S/C33H36N2O7S/c1-18(2)40-24-11-8-22(9-12-24)31(36)25(30(33(37)38)23-10-13-26-27(17-23)35-43-34-26)14-21-15-28(39-7)32(42-20(5)6)29(16-21)41-19(3)4/h8-13,15-20H,14H2,1-7H3,(H,37,38). The number of rotatable bonds is 13. The van der Waals surface area contributed by atoms with Crippen LogP contribution in [-0.2, 0) is 11.2 Å². The van der Waals surface area contributed by atoms with Gasteiger partial charge in [0.1, 0.15) is 16.8 Å². The number of methoxy groups -OCH3 is 1. The van der Waals surface area contributed by atoms with E-state index in [2.05, 4.69) is 8.75 Å². The van der Waals surface area contributed by atoms with E-state index in [1.807, 2.05) is 41.5 Å². The van der Waals surface area contributed by atoms with Gasteiger partial charge in [-0.25, -0.2) is 4.79 Å². The number of hydrogen-bond acceptors (Lipinski definition) is 9. The van der Waals surface area contributed by atoms with Crippen molar-refractivity contribution in [2.75, 3.05) is 7.11 Å². The van der Waals surface area contributed by atoms with Gasteiger partial charge in [0.05, 0.1) is 42.7 Å².